The number of aliphatic hydroxyl groups is 2. The lowest BCUT2D eigenvalue weighted by atomic mass is 9.83. The number of carbonyl (C=O) groups is 3. The Balaban J connectivity index is 0.000000155. The second-order valence-electron chi connectivity index (χ2n) is 22.1. The average Bonchev–Trinajstić information content (AvgIpc) is 4.33. The summed E-state index contributed by atoms with van der Waals surface area (Å²) >= 11 is 0. The first-order chi connectivity index (χ1) is 34.5. The minimum Gasteiger partial charge on any atom is -0.390 e. The molecular formula is C59H69N7O5. The maximum atomic E-state index is 13.6. The van der Waals surface area contributed by atoms with Crippen LogP contribution in [-0.4, -0.2) is 140 Å². The molecule has 2 aliphatic carbocycles. The lowest BCUT2D eigenvalue weighted by molar-refractivity contribution is -0.130. The van der Waals surface area contributed by atoms with Crippen molar-refractivity contribution in [3.63, 3.8) is 0 Å². The Labute approximate surface area is 418 Å². The van der Waals surface area contributed by atoms with Gasteiger partial charge in [0, 0.05) is 114 Å². The molecule has 2 atom stereocenters. The molecule has 7 aliphatic rings. The SMILES string of the molecule is CC(=O)N1CCC(Cc2ccc3c(c2)C(=O)N(CC(O)CN2CCc4ccccc4C2)CC32CC2)CC1.O=C1c2cc(Cc3ccnnc3)ccc2C2(CC2)CN1CC(O)CN1CCc2ccccc2C1. The van der Waals surface area contributed by atoms with Gasteiger partial charge in [-0.05, 0) is 138 Å². The zero-order valence-electron chi connectivity index (χ0n) is 41.4. The highest BCUT2D eigenvalue weighted by Crippen LogP contribution is 2.53. The van der Waals surface area contributed by atoms with E-state index in [4.69, 9.17) is 0 Å². The molecule has 0 radical (unpaired) electrons. The number of amides is 3. The number of β-amino-alcohol motifs (C(OH)–C–C–N with tert-alkyl or cyclic N) is 2. The van der Waals surface area contributed by atoms with E-state index in [1.54, 1.807) is 19.3 Å². The molecular weight excluding hydrogens is 887 g/mol. The van der Waals surface area contributed by atoms with Crippen LogP contribution in [0.25, 0.3) is 0 Å². The van der Waals surface area contributed by atoms with E-state index in [9.17, 15) is 24.6 Å². The van der Waals surface area contributed by atoms with Crippen molar-refractivity contribution in [2.45, 2.75) is 107 Å². The number of aliphatic hydroxyl groups excluding tert-OH is 2. The third kappa shape index (κ3) is 10.4. The van der Waals surface area contributed by atoms with Crippen molar-refractivity contribution in [3.05, 3.63) is 165 Å². The Morgan fingerprint density at radius 1 is 0.620 bits per heavy atom. The Kier molecular flexibility index (Phi) is 13.4. The molecule has 4 aromatic carbocycles. The lowest BCUT2D eigenvalue weighted by Gasteiger charge is -2.37. The quantitative estimate of drug-likeness (QED) is 0.147. The van der Waals surface area contributed by atoms with Crippen LogP contribution in [0.5, 0.6) is 0 Å². The third-order valence-electron chi connectivity index (χ3n) is 16.9. The van der Waals surface area contributed by atoms with Gasteiger partial charge in [-0.3, -0.25) is 24.2 Å². The number of piperidine rings is 1. The summed E-state index contributed by atoms with van der Waals surface area (Å²) in [6, 6.07) is 32.0. The Morgan fingerprint density at radius 3 is 1.62 bits per heavy atom. The van der Waals surface area contributed by atoms with Gasteiger partial charge in [-0.25, -0.2) is 0 Å². The summed E-state index contributed by atoms with van der Waals surface area (Å²) in [4.78, 5) is 49.2. The summed E-state index contributed by atoms with van der Waals surface area (Å²) in [7, 11) is 0. The molecule has 3 amide bonds. The van der Waals surface area contributed by atoms with Crippen LogP contribution in [-0.2, 0) is 54.4 Å². The van der Waals surface area contributed by atoms with E-state index in [0.717, 1.165) is 132 Å². The molecule has 12 heteroatoms. The molecule has 5 aromatic rings. The molecule has 12 rings (SSSR count). The van der Waals surface area contributed by atoms with Gasteiger partial charge in [-0.1, -0.05) is 72.8 Å². The highest BCUT2D eigenvalue weighted by Gasteiger charge is 2.53. The summed E-state index contributed by atoms with van der Waals surface area (Å²) in [5.74, 6) is 0.837. The molecule has 1 aromatic heterocycles. The number of fused-ring (bicyclic) bond motifs is 6. The number of likely N-dealkylation sites (tertiary alicyclic amines) is 1. The van der Waals surface area contributed by atoms with E-state index in [1.807, 2.05) is 20.8 Å². The van der Waals surface area contributed by atoms with E-state index >= 15 is 0 Å². The van der Waals surface area contributed by atoms with E-state index in [-0.39, 0.29) is 28.6 Å². The molecule has 2 saturated carbocycles. The van der Waals surface area contributed by atoms with Crippen molar-refractivity contribution in [2.75, 3.05) is 65.4 Å². The number of carbonyl (C=O) groups excluding carboxylic acids is 3. The Hall–Kier alpha value is -5.79. The largest absolute Gasteiger partial charge is 0.390 e. The number of hydrogen-bond acceptors (Lipinski definition) is 9. The van der Waals surface area contributed by atoms with Crippen LogP contribution in [0, 0.1) is 5.92 Å². The van der Waals surface area contributed by atoms with Crippen LogP contribution >= 0.6 is 0 Å². The fraction of sp³-hybridized carbons (Fsp3) is 0.475. The van der Waals surface area contributed by atoms with E-state index in [2.05, 4.69) is 105 Å². The molecule has 2 N–H and O–H groups in total. The lowest BCUT2D eigenvalue weighted by Crippen LogP contribution is -2.49. The first-order valence-corrected chi connectivity index (χ1v) is 26.3. The molecule has 2 unspecified atom stereocenters. The first kappa shape index (κ1) is 47.5. The minimum atomic E-state index is -0.558. The van der Waals surface area contributed by atoms with Crippen LogP contribution in [0.15, 0.2) is 103 Å². The van der Waals surface area contributed by atoms with Gasteiger partial charge in [-0.15, -0.1) is 0 Å². The normalized spacial score (nSPS) is 20.9. The standard InChI is InChI=1S/C31H39N3O3.C28H30N4O2/c1-22(35)33-14-8-23(9-15-33)16-24-6-7-29-28(17-24)30(37)34(21-31(29)11-12-31)20-27(36)19-32-13-10-25-4-2-3-5-26(25)18-32;33-24(17-31-12-8-22-3-1-2-4-23(22)16-31)18-32-19-28(9-10-28)26-6-5-20(14-25(26)27(32)34)13-21-7-11-29-30-15-21/h2-7,17,23,27,36H,8-16,18-21H2,1H3;1-7,11,14-15,24,33H,8-10,12-13,16-19H2. The molecule has 0 bridgehead atoms. The number of rotatable bonds is 12. The predicted molar refractivity (Wildman–Crippen MR) is 273 cm³/mol. The highest BCUT2D eigenvalue weighted by atomic mass is 16.3. The number of benzene rings is 4. The first-order valence-electron chi connectivity index (χ1n) is 26.3. The summed E-state index contributed by atoms with van der Waals surface area (Å²) in [6.07, 6.45) is 12.6. The monoisotopic (exact) mass is 956 g/mol. The third-order valence-corrected chi connectivity index (χ3v) is 16.9. The van der Waals surface area contributed by atoms with Gasteiger partial charge in [-0.2, -0.15) is 10.2 Å². The van der Waals surface area contributed by atoms with E-state index in [0.29, 0.717) is 38.6 Å². The molecule has 1 saturated heterocycles. The second-order valence-corrected chi connectivity index (χ2v) is 22.1. The zero-order chi connectivity index (χ0) is 48.7. The number of aromatic nitrogens is 2. The smallest absolute Gasteiger partial charge is 0.254 e. The van der Waals surface area contributed by atoms with Crippen LogP contribution in [0.2, 0.25) is 0 Å². The summed E-state index contributed by atoms with van der Waals surface area (Å²) in [5, 5.41) is 29.8. The van der Waals surface area contributed by atoms with Crippen molar-refractivity contribution >= 4 is 17.7 Å². The zero-order valence-corrected chi connectivity index (χ0v) is 41.4. The van der Waals surface area contributed by atoms with Gasteiger partial charge in [0.25, 0.3) is 11.8 Å². The van der Waals surface area contributed by atoms with Gasteiger partial charge in [0.1, 0.15) is 0 Å². The van der Waals surface area contributed by atoms with Crippen LogP contribution in [0.1, 0.15) is 116 Å². The van der Waals surface area contributed by atoms with E-state index in [1.165, 1.54) is 38.9 Å². The number of hydrogen-bond donors (Lipinski definition) is 2. The topological polar surface area (TPSA) is 134 Å². The maximum absolute atomic E-state index is 13.6. The van der Waals surface area contributed by atoms with Gasteiger partial charge in [0.05, 0.1) is 18.4 Å². The molecule has 3 fully saturated rings. The van der Waals surface area contributed by atoms with Crippen LogP contribution in [0.3, 0.4) is 0 Å². The maximum Gasteiger partial charge on any atom is 0.254 e. The predicted octanol–water partition coefficient (Wildman–Crippen LogP) is 6.37. The Bertz CT molecular complexity index is 2770. The summed E-state index contributed by atoms with van der Waals surface area (Å²) < 4.78 is 0. The molecule has 71 heavy (non-hydrogen) atoms. The Morgan fingerprint density at radius 2 is 1.13 bits per heavy atom. The summed E-state index contributed by atoms with van der Waals surface area (Å²) in [5.41, 5.74) is 13.1. The molecule has 370 valence electrons. The molecule has 12 nitrogen and oxygen atoms in total. The van der Waals surface area contributed by atoms with Crippen molar-refractivity contribution in [3.8, 4) is 0 Å². The van der Waals surface area contributed by atoms with Gasteiger partial charge < -0.3 is 24.9 Å². The highest BCUT2D eigenvalue weighted by molar-refractivity contribution is 5.99. The van der Waals surface area contributed by atoms with Crippen LogP contribution < -0.4 is 0 Å². The molecule has 2 spiro atoms. The fourth-order valence-corrected chi connectivity index (χ4v) is 12.6. The van der Waals surface area contributed by atoms with Crippen molar-refractivity contribution in [1.82, 2.24) is 34.7 Å². The van der Waals surface area contributed by atoms with Crippen molar-refractivity contribution < 1.29 is 24.6 Å². The number of nitrogens with zero attached hydrogens (tertiary/aromatic N) is 7. The van der Waals surface area contributed by atoms with E-state index < -0.39 is 12.2 Å². The average molecular weight is 956 g/mol. The second kappa shape index (κ2) is 20.0. The van der Waals surface area contributed by atoms with Gasteiger partial charge in [0.2, 0.25) is 5.91 Å². The minimum absolute atomic E-state index is 0.0465. The molecule has 6 heterocycles. The van der Waals surface area contributed by atoms with Gasteiger partial charge >= 0.3 is 0 Å². The fourth-order valence-electron chi connectivity index (χ4n) is 12.6. The summed E-state index contributed by atoms with van der Waals surface area (Å²) in [6.45, 7) is 10.3. The van der Waals surface area contributed by atoms with Crippen LogP contribution in [0.4, 0.5) is 0 Å². The molecule has 5 aliphatic heterocycles. The van der Waals surface area contributed by atoms with Crippen molar-refractivity contribution in [2.24, 2.45) is 5.92 Å². The van der Waals surface area contributed by atoms with Crippen molar-refractivity contribution in [1.29, 1.82) is 0 Å². The van der Waals surface area contributed by atoms with Gasteiger partial charge in [0.15, 0.2) is 0 Å².